The van der Waals surface area contributed by atoms with E-state index in [-0.39, 0.29) is 23.8 Å². The summed E-state index contributed by atoms with van der Waals surface area (Å²) in [5.41, 5.74) is 3.09. The van der Waals surface area contributed by atoms with Gasteiger partial charge in [-0.15, -0.1) is 21.5 Å². The Labute approximate surface area is 214 Å². The largest absolute Gasteiger partial charge is 0.478 e. The number of aryl methyl sites for hydroxylation is 1. The molecule has 5 rings (SSSR count). The lowest BCUT2D eigenvalue weighted by molar-refractivity contribution is 0.0734. The van der Waals surface area contributed by atoms with E-state index in [9.17, 15) is 4.79 Å². The van der Waals surface area contributed by atoms with Gasteiger partial charge in [0.1, 0.15) is 10.7 Å². The smallest absolute Gasteiger partial charge is 0.266 e. The van der Waals surface area contributed by atoms with Crippen LogP contribution >= 0.6 is 11.3 Å². The molecule has 0 N–H and O–H groups in total. The van der Waals surface area contributed by atoms with Gasteiger partial charge in [0.15, 0.2) is 0 Å². The van der Waals surface area contributed by atoms with E-state index >= 15 is 0 Å². The third-order valence-corrected chi connectivity index (χ3v) is 7.31. The average Bonchev–Trinajstić information content (AvgIpc) is 3.65. The van der Waals surface area contributed by atoms with E-state index in [1.807, 2.05) is 42.3 Å². The Kier molecular flexibility index (Phi) is 7.09. The number of ether oxygens (including phenoxy) is 1. The van der Waals surface area contributed by atoms with E-state index in [0.29, 0.717) is 36.2 Å². The highest BCUT2D eigenvalue weighted by molar-refractivity contribution is 7.09. The van der Waals surface area contributed by atoms with Crippen LogP contribution in [0.2, 0.25) is 0 Å². The van der Waals surface area contributed by atoms with Crippen LogP contribution in [0.4, 0.5) is 0 Å². The molecule has 1 aromatic carbocycles. The van der Waals surface area contributed by atoms with Crippen molar-refractivity contribution in [3.05, 3.63) is 75.6 Å². The molecule has 2 atom stereocenters. The topological polar surface area (TPSA) is 94.2 Å². The van der Waals surface area contributed by atoms with Crippen molar-refractivity contribution in [2.24, 2.45) is 0 Å². The summed E-state index contributed by atoms with van der Waals surface area (Å²) in [5.74, 6) is 1.12. The maximum atomic E-state index is 13.6. The van der Waals surface area contributed by atoms with Gasteiger partial charge in [0, 0.05) is 35.2 Å². The van der Waals surface area contributed by atoms with Crippen LogP contribution in [0.5, 0.6) is 5.88 Å². The summed E-state index contributed by atoms with van der Waals surface area (Å²) < 4.78 is 11.7. The van der Waals surface area contributed by atoms with Crippen molar-refractivity contribution in [3.63, 3.8) is 0 Å². The number of carbonyl (C=O) groups is 1. The number of hydrogen-bond acceptors (Lipinski definition) is 8. The van der Waals surface area contributed by atoms with Crippen molar-refractivity contribution in [2.75, 3.05) is 13.2 Å². The fourth-order valence-electron chi connectivity index (χ4n) is 4.51. The third-order valence-electron chi connectivity index (χ3n) is 6.24. The average molecular weight is 504 g/mol. The molecule has 1 saturated heterocycles. The number of rotatable bonds is 8. The number of pyridine rings is 1. The van der Waals surface area contributed by atoms with Crippen LogP contribution in [0.25, 0.3) is 11.6 Å². The summed E-state index contributed by atoms with van der Waals surface area (Å²) in [6.07, 6.45) is 2.63. The number of hydrogen-bond donors (Lipinski definition) is 0. The molecule has 0 radical (unpaired) electrons. The van der Waals surface area contributed by atoms with Crippen LogP contribution in [-0.2, 0) is 6.42 Å². The lowest BCUT2D eigenvalue weighted by Crippen LogP contribution is -2.30. The van der Waals surface area contributed by atoms with Gasteiger partial charge in [0.25, 0.3) is 11.8 Å². The second-order valence-corrected chi connectivity index (χ2v) is 9.92. The van der Waals surface area contributed by atoms with E-state index in [1.165, 1.54) is 5.56 Å². The molecule has 4 heterocycles. The quantitative estimate of drug-likeness (QED) is 0.308. The van der Waals surface area contributed by atoms with Gasteiger partial charge >= 0.3 is 0 Å². The van der Waals surface area contributed by atoms with Gasteiger partial charge < -0.3 is 14.1 Å². The molecule has 0 bridgehead atoms. The SMILES string of the molecule is CCOc1cc(C(=O)N2CCCC2c2nc(C)cs2)cc(-c2nnc(C(C)Cc3ccccc3)o2)n1. The molecule has 0 spiro atoms. The Morgan fingerprint density at radius 3 is 2.81 bits per heavy atom. The van der Waals surface area contributed by atoms with Crippen LogP contribution in [0.15, 0.2) is 52.3 Å². The predicted octanol–water partition coefficient (Wildman–Crippen LogP) is 5.62. The van der Waals surface area contributed by atoms with Gasteiger partial charge in [0.05, 0.1) is 12.6 Å². The molecule has 186 valence electrons. The molecule has 1 amide bonds. The fourth-order valence-corrected chi connectivity index (χ4v) is 5.45. The minimum Gasteiger partial charge on any atom is -0.478 e. The number of likely N-dealkylation sites (tertiary alicyclic amines) is 1. The van der Waals surface area contributed by atoms with Gasteiger partial charge in [-0.05, 0) is 44.7 Å². The van der Waals surface area contributed by atoms with Crippen molar-refractivity contribution >= 4 is 17.2 Å². The summed E-state index contributed by atoms with van der Waals surface area (Å²) >= 11 is 1.61. The zero-order valence-corrected chi connectivity index (χ0v) is 21.5. The van der Waals surface area contributed by atoms with Crippen LogP contribution in [-0.4, -0.2) is 44.1 Å². The van der Waals surface area contributed by atoms with Gasteiger partial charge in [-0.1, -0.05) is 37.3 Å². The van der Waals surface area contributed by atoms with Crippen molar-refractivity contribution in [1.29, 1.82) is 0 Å². The van der Waals surface area contributed by atoms with Crippen LogP contribution < -0.4 is 4.74 Å². The number of benzene rings is 1. The lowest BCUT2D eigenvalue weighted by Gasteiger charge is -2.23. The first kappa shape index (κ1) is 24.1. The molecule has 0 aliphatic carbocycles. The van der Waals surface area contributed by atoms with Crippen LogP contribution in [0.1, 0.15) is 71.2 Å². The lowest BCUT2D eigenvalue weighted by atomic mass is 10.0. The normalized spacial score (nSPS) is 16.3. The maximum absolute atomic E-state index is 13.6. The van der Waals surface area contributed by atoms with E-state index in [0.717, 1.165) is 30.0 Å². The van der Waals surface area contributed by atoms with Gasteiger partial charge in [-0.3, -0.25) is 4.79 Å². The van der Waals surface area contributed by atoms with Gasteiger partial charge in [0.2, 0.25) is 11.8 Å². The molecular formula is C27H29N5O3S. The minimum atomic E-state index is -0.0767. The Hall–Kier alpha value is -3.59. The second kappa shape index (κ2) is 10.6. The molecule has 8 nitrogen and oxygen atoms in total. The molecule has 3 aromatic heterocycles. The number of thiazole rings is 1. The van der Waals surface area contributed by atoms with E-state index in [4.69, 9.17) is 9.15 Å². The van der Waals surface area contributed by atoms with E-state index in [1.54, 1.807) is 23.5 Å². The maximum Gasteiger partial charge on any atom is 0.266 e. The van der Waals surface area contributed by atoms with Crippen molar-refractivity contribution < 1.29 is 13.9 Å². The number of carbonyl (C=O) groups excluding carboxylic acids is 1. The standard InChI is InChI=1S/C27H29N5O3S/c1-4-34-23-15-20(27(33)32-12-8-11-22(32)26-28-18(3)16-36-26)14-21(29-23)25-31-30-24(35-25)17(2)13-19-9-6-5-7-10-19/h5-7,9-10,14-17,22H,4,8,11-13H2,1-3H3. The molecule has 1 aliphatic rings. The summed E-state index contributed by atoms with van der Waals surface area (Å²) in [4.78, 5) is 24.7. The first-order valence-electron chi connectivity index (χ1n) is 12.3. The zero-order chi connectivity index (χ0) is 25.1. The van der Waals surface area contributed by atoms with Crippen molar-refractivity contribution in [2.45, 2.75) is 52.0 Å². The molecule has 0 saturated carbocycles. The first-order chi connectivity index (χ1) is 17.5. The summed E-state index contributed by atoms with van der Waals surface area (Å²) in [6.45, 7) is 7.03. The minimum absolute atomic E-state index is 0.0165. The van der Waals surface area contributed by atoms with E-state index in [2.05, 4.69) is 39.2 Å². The van der Waals surface area contributed by atoms with Gasteiger partial charge in [-0.25, -0.2) is 9.97 Å². The fraction of sp³-hybridized carbons (Fsp3) is 0.370. The summed E-state index contributed by atoms with van der Waals surface area (Å²) in [7, 11) is 0. The second-order valence-electron chi connectivity index (χ2n) is 9.03. The Morgan fingerprint density at radius 2 is 2.06 bits per heavy atom. The van der Waals surface area contributed by atoms with E-state index < -0.39 is 0 Å². The highest BCUT2D eigenvalue weighted by atomic mass is 32.1. The molecule has 1 aliphatic heterocycles. The number of nitrogens with zero attached hydrogens (tertiary/aromatic N) is 5. The number of amides is 1. The molecule has 9 heteroatoms. The molecule has 36 heavy (non-hydrogen) atoms. The van der Waals surface area contributed by atoms with Gasteiger partial charge in [-0.2, -0.15) is 0 Å². The number of aromatic nitrogens is 4. The summed E-state index contributed by atoms with van der Waals surface area (Å²) in [6, 6.07) is 13.6. The highest BCUT2D eigenvalue weighted by Gasteiger charge is 2.33. The Bertz CT molecular complexity index is 1340. The zero-order valence-electron chi connectivity index (χ0n) is 20.7. The molecular weight excluding hydrogens is 474 g/mol. The predicted molar refractivity (Wildman–Crippen MR) is 137 cm³/mol. The first-order valence-corrected chi connectivity index (χ1v) is 13.2. The Balaban J connectivity index is 1.41. The highest BCUT2D eigenvalue weighted by Crippen LogP contribution is 2.35. The monoisotopic (exact) mass is 503 g/mol. The molecule has 1 fully saturated rings. The van der Waals surface area contributed by atoms with Crippen LogP contribution in [0, 0.1) is 6.92 Å². The summed E-state index contributed by atoms with van der Waals surface area (Å²) in [5, 5.41) is 11.5. The van der Waals surface area contributed by atoms with Crippen molar-refractivity contribution in [1.82, 2.24) is 25.1 Å². The third kappa shape index (κ3) is 5.16. The molecule has 2 unspecified atom stereocenters. The molecule has 4 aromatic rings. The van der Waals surface area contributed by atoms with Crippen LogP contribution in [0.3, 0.4) is 0 Å². The Morgan fingerprint density at radius 1 is 1.22 bits per heavy atom. The van der Waals surface area contributed by atoms with Crippen molar-refractivity contribution in [3.8, 4) is 17.5 Å².